The molecule has 4 nitrogen and oxygen atoms in total. The maximum Gasteiger partial charge on any atom is 0.262 e. The van der Waals surface area contributed by atoms with Crippen molar-refractivity contribution in [3.05, 3.63) is 51.6 Å². The van der Waals surface area contributed by atoms with Crippen LogP contribution in [0.1, 0.15) is 23.7 Å². The van der Waals surface area contributed by atoms with E-state index in [-0.39, 0.29) is 11.7 Å². The van der Waals surface area contributed by atoms with E-state index < -0.39 is 0 Å². The van der Waals surface area contributed by atoms with E-state index in [1.165, 1.54) is 0 Å². The Morgan fingerprint density at radius 1 is 1.24 bits per heavy atom. The SMILES string of the molecule is CCCN(C(=O)c1cc(I)ccc1O)c1ccc(N)cc1. The Labute approximate surface area is 137 Å². The van der Waals surface area contributed by atoms with Crippen LogP contribution in [0.15, 0.2) is 42.5 Å². The predicted molar refractivity (Wildman–Crippen MR) is 93.6 cm³/mol. The first kappa shape index (κ1) is 15.6. The number of anilines is 2. The molecule has 0 aliphatic rings. The van der Waals surface area contributed by atoms with Crippen LogP contribution in [0, 0.1) is 3.57 Å². The molecular weight excluding hydrogens is 379 g/mol. The molecule has 0 aromatic heterocycles. The third kappa shape index (κ3) is 3.66. The minimum atomic E-state index is -0.211. The molecular formula is C16H17IN2O2. The Bertz CT molecular complexity index is 641. The number of aromatic hydroxyl groups is 1. The van der Waals surface area contributed by atoms with Gasteiger partial charge in [0.2, 0.25) is 0 Å². The van der Waals surface area contributed by atoms with E-state index in [0.717, 1.165) is 15.7 Å². The quantitative estimate of drug-likeness (QED) is 0.613. The van der Waals surface area contributed by atoms with Crippen molar-refractivity contribution < 1.29 is 9.90 Å². The van der Waals surface area contributed by atoms with Crippen molar-refractivity contribution in [2.75, 3.05) is 17.2 Å². The minimum Gasteiger partial charge on any atom is -0.507 e. The summed E-state index contributed by atoms with van der Waals surface area (Å²) in [5, 5.41) is 9.94. The fraction of sp³-hybridized carbons (Fsp3) is 0.188. The molecule has 5 heteroatoms. The van der Waals surface area contributed by atoms with Gasteiger partial charge in [0.25, 0.3) is 5.91 Å². The highest BCUT2D eigenvalue weighted by molar-refractivity contribution is 14.1. The summed E-state index contributed by atoms with van der Waals surface area (Å²) in [6.07, 6.45) is 0.820. The number of halogens is 1. The molecule has 0 fully saturated rings. The van der Waals surface area contributed by atoms with Crippen molar-refractivity contribution in [2.24, 2.45) is 0 Å². The van der Waals surface area contributed by atoms with Gasteiger partial charge < -0.3 is 15.7 Å². The molecule has 0 bridgehead atoms. The second-order valence-electron chi connectivity index (χ2n) is 4.71. The Kier molecular flexibility index (Phi) is 5.06. The van der Waals surface area contributed by atoms with Crippen LogP contribution in [0.4, 0.5) is 11.4 Å². The highest BCUT2D eigenvalue weighted by Gasteiger charge is 2.20. The highest BCUT2D eigenvalue weighted by atomic mass is 127. The summed E-state index contributed by atoms with van der Waals surface area (Å²) >= 11 is 2.12. The highest BCUT2D eigenvalue weighted by Crippen LogP contribution is 2.25. The van der Waals surface area contributed by atoms with Crippen LogP contribution in [0.5, 0.6) is 5.75 Å². The summed E-state index contributed by atoms with van der Waals surface area (Å²) in [6.45, 7) is 2.58. The minimum absolute atomic E-state index is 0.00281. The molecule has 0 spiro atoms. The van der Waals surface area contributed by atoms with E-state index in [0.29, 0.717) is 17.8 Å². The zero-order valence-corrected chi connectivity index (χ0v) is 13.9. The van der Waals surface area contributed by atoms with E-state index in [4.69, 9.17) is 5.73 Å². The van der Waals surface area contributed by atoms with E-state index in [9.17, 15) is 9.90 Å². The normalized spacial score (nSPS) is 10.4. The Morgan fingerprint density at radius 3 is 2.52 bits per heavy atom. The van der Waals surface area contributed by atoms with Crippen molar-refractivity contribution in [3.8, 4) is 5.75 Å². The Morgan fingerprint density at radius 2 is 1.90 bits per heavy atom. The number of nitrogen functional groups attached to an aromatic ring is 1. The van der Waals surface area contributed by atoms with Crippen LogP contribution < -0.4 is 10.6 Å². The first-order valence-corrected chi connectivity index (χ1v) is 7.76. The molecule has 2 rings (SSSR count). The number of phenolic OH excluding ortho intramolecular Hbond substituents is 1. The van der Waals surface area contributed by atoms with Crippen molar-refractivity contribution in [3.63, 3.8) is 0 Å². The maximum absolute atomic E-state index is 12.7. The summed E-state index contributed by atoms with van der Waals surface area (Å²) < 4.78 is 0.905. The molecule has 3 N–H and O–H groups in total. The summed E-state index contributed by atoms with van der Waals surface area (Å²) in [7, 11) is 0. The molecule has 21 heavy (non-hydrogen) atoms. The fourth-order valence-corrected chi connectivity index (χ4v) is 2.54. The lowest BCUT2D eigenvalue weighted by Crippen LogP contribution is -2.31. The van der Waals surface area contributed by atoms with E-state index in [1.54, 1.807) is 35.2 Å². The van der Waals surface area contributed by atoms with Crippen molar-refractivity contribution in [2.45, 2.75) is 13.3 Å². The van der Waals surface area contributed by atoms with Gasteiger partial charge in [0, 0.05) is 21.5 Å². The van der Waals surface area contributed by atoms with Crippen molar-refractivity contribution in [1.82, 2.24) is 0 Å². The fourth-order valence-electron chi connectivity index (χ4n) is 2.05. The number of hydrogen-bond donors (Lipinski definition) is 2. The number of phenols is 1. The van der Waals surface area contributed by atoms with E-state index >= 15 is 0 Å². The largest absolute Gasteiger partial charge is 0.507 e. The van der Waals surface area contributed by atoms with Gasteiger partial charge in [-0.25, -0.2) is 0 Å². The lowest BCUT2D eigenvalue weighted by molar-refractivity contribution is 0.0984. The third-order valence-electron chi connectivity index (χ3n) is 3.09. The number of hydrogen-bond acceptors (Lipinski definition) is 3. The monoisotopic (exact) mass is 396 g/mol. The molecule has 0 saturated carbocycles. The van der Waals surface area contributed by atoms with Crippen molar-refractivity contribution >= 4 is 39.9 Å². The standard InChI is InChI=1S/C16H17IN2O2/c1-2-9-19(13-6-4-12(18)5-7-13)16(21)14-10-11(17)3-8-15(14)20/h3-8,10,20H,2,9,18H2,1H3. The van der Waals surface area contributed by atoms with Gasteiger partial charge in [0.1, 0.15) is 5.75 Å². The number of nitrogens with two attached hydrogens (primary N) is 1. The molecule has 0 heterocycles. The Hall–Kier alpha value is -1.76. The lowest BCUT2D eigenvalue weighted by atomic mass is 10.1. The van der Waals surface area contributed by atoms with Gasteiger partial charge in [0.05, 0.1) is 5.56 Å². The van der Waals surface area contributed by atoms with Gasteiger partial charge >= 0.3 is 0 Å². The Balaban J connectivity index is 2.39. The van der Waals surface area contributed by atoms with E-state index in [2.05, 4.69) is 22.6 Å². The number of carbonyl (C=O) groups excluding carboxylic acids is 1. The van der Waals surface area contributed by atoms with Crippen LogP contribution in [-0.2, 0) is 0 Å². The molecule has 0 unspecified atom stereocenters. The van der Waals surface area contributed by atoms with Gasteiger partial charge in [0.15, 0.2) is 0 Å². The number of carbonyl (C=O) groups is 1. The van der Waals surface area contributed by atoms with Gasteiger partial charge in [-0.1, -0.05) is 6.92 Å². The molecule has 0 radical (unpaired) electrons. The average Bonchev–Trinajstić information content (AvgIpc) is 2.48. The first-order chi connectivity index (χ1) is 10.0. The van der Waals surface area contributed by atoms with Gasteiger partial charge in [-0.2, -0.15) is 0 Å². The number of amides is 1. The molecule has 110 valence electrons. The summed E-state index contributed by atoms with van der Waals surface area (Å²) in [6, 6.07) is 12.2. The van der Waals surface area contributed by atoms with Crippen LogP contribution in [0.3, 0.4) is 0 Å². The van der Waals surface area contributed by atoms with Crippen LogP contribution in [-0.4, -0.2) is 17.6 Å². The first-order valence-electron chi connectivity index (χ1n) is 6.69. The van der Waals surface area contributed by atoms with Crippen LogP contribution >= 0.6 is 22.6 Å². The summed E-state index contributed by atoms with van der Waals surface area (Å²) in [5.74, 6) is -0.213. The average molecular weight is 396 g/mol. The zero-order chi connectivity index (χ0) is 15.4. The third-order valence-corrected chi connectivity index (χ3v) is 3.76. The molecule has 0 atom stereocenters. The maximum atomic E-state index is 12.7. The molecule has 0 saturated heterocycles. The molecule has 0 aliphatic heterocycles. The van der Waals surface area contributed by atoms with Crippen LogP contribution in [0.2, 0.25) is 0 Å². The molecule has 2 aromatic carbocycles. The van der Waals surface area contributed by atoms with Gasteiger partial charge in [-0.3, -0.25) is 4.79 Å². The second kappa shape index (κ2) is 6.80. The van der Waals surface area contributed by atoms with Crippen molar-refractivity contribution in [1.29, 1.82) is 0 Å². The molecule has 1 amide bonds. The number of benzene rings is 2. The van der Waals surface area contributed by atoms with Crippen LogP contribution in [0.25, 0.3) is 0 Å². The summed E-state index contributed by atoms with van der Waals surface area (Å²) in [5.41, 5.74) is 7.42. The zero-order valence-electron chi connectivity index (χ0n) is 11.7. The second-order valence-corrected chi connectivity index (χ2v) is 5.96. The van der Waals surface area contributed by atoms with Gasteiger partial charge in [-0.05, 0) is 71.5 Å². The summed E-state index contributed by atoms with van der Waals surface area (Å²) in [4.78, 5) is 14.4. The smallest absolute Gasteiger partial charge is 0.262 e. The van der Waals surface area contributed by atoms with Gasteiger partial charge in [-0.15, -0.1) is 0 Å². The topological polar surface area (TPSA) is 66.6 Å². The number of rotatable bonds is 4. The van der Waals surface area contributed by atoms with E-state index in [1.807, 2.05) is 19.1 Å². The lowest BCUT2D eigenvalue weighted by Gasteiger charge is -2.23. The number of nitrogens with zero attached hydrogens (tertiary/aromatic N) is 1. The molecule has 2 aromatic rings. The molecule has 0 aliphatic carbocycles. The predicted octanol–water partition coefficient (Wildman–Crippen LogP) is 3.64.